The van der Waals surface area contributed by atoms with E-state index in [0.29, 0.717) is 33.8 Å². The lowest BCUT2D eigenvalue weighted by atomic mass is 10.0. The van der Waals surface area contributed by atoms with Crippen LogP contribution < -0.4 is 5.73 Å². The summed E-state index contributed by atoms with van der Waals surface area (Å²) in [5, 5.41) is 11.5. The fourth-order valence-electron chi connectivity index (χ4n) is 3.99. The van der Waals surface area contributed by atoms with Gasteiger partial charge in [-0.1, -0.05) is 36.4 Å². The molecular weight excluding hydrogens is 422 g/mol. The lowest BCUT2D eigenvalue weighted by Crippen LogP contribution is -2.23. The van der Waals surface area contributed by atoms with E-state index in [0.717, 1.165) is 10.8 Å². The third kappa shape index (κ3) is 2.92. The molecule has 1 unspecified atom stereocenters. The zero-order valence-corrected chi connectivity index (χ0v) is 17.4. The third-order valence-corrected chi connectivity index (χ3v) is 5.55. The molecule has 1 atom stereocenters. The average molecular weight is 439 g/mol. The Kier molecular flexibility index (Phi) is 4.12. The number of fused-ring (bicyclic) bond motifs is 4. The van der Waals surface area contributed by atoms with Crippen LogP contribution in [-0.2, 0) is 9.53 Å². The molecule has 0 spiro atoms. The van der Waals surface area contributed by atoms with Crippen LogP contribution in [0.4, 0.5) is 5.95 Å². The number of aromatic nitrogens is 6. The number of carbonyl (C=O) groups excluding carboxylic acids is 1. The quantitative estimate of drug-likeness (QED) is 0.415. The van der Waals surface area contributed by atoms with E-state index in [1.54, 1.807) is 24.6 Å². The number of carbonyl (C=O) groups is 1. The van der Waals surface area contributed by atoms with Crippen molar-refractivity contribution in [3.05, 3.63) is 72.6 Å². The van der Waals surface area contributed by atoms with Crippen LogP contribution in [0.2, 0.25) is 0 Å². The summed E-state index contributed by atoms with van der Waals surface area (Å²) >= 11 is 0. The van der Waals surface area contributed by atoms with Crippen molar-refractivity contribution in [2.75, 3.05) is 12.8 Å². The number of ether oxygens (including phenoxy) is 1. The minimum absolute atomic E-state index is 0.103. The van der Waals surface area contributed by atoms with Gasteiger partial charge in [-0.3, -0.25) is 0 Å². The normalized spacial score (nSPS) is 12.5. The van der Waals surface area contributed by atoms with Gasteiger partial charge in [-0.25, -0.2) is 14.5 Å². The number of nitrogens with zero attached hydrogens (tertiary/aromatic N) is 6. The first-order chi connectivity index (χ1) is 16.1. The number of nitrogens with two attached hydrogens (primary N) is 1. The molecule has 33 heavy (non-hydrogen) atoms. The fraction of sp³-hybridized carbons (Fsp3) is 0.0870. The van der Waals surface area contributed by atoms with Gasteiger partial charge in [0.1, 0.15) is 0 Å². The number of nitrogen functional groups attached to an aromatic ring is 1. The van der Waals surface area contributed by atoms with Crippen LogP contribution in [0.25, 0.3) is 39.0 Å². The van der Waals surface area contributed by atoms with Crippen LogP contribution >= 0.6 is 0 Å². The smallest absolute Gasteiger partial charge is 0.335 e. The highest BCUT2D eigenvalue weighted by molar-refractivity contribution is 5.92. The van der Waals surface area contributed by atoms with Gasteiger partial charge in [-0.2, -0.15) is 14.6 Å². The van der Waals surface area contributed by atoms with Gasteiger partial charge in [0.15, 0.2) is 23.1 Å². The van der Waals surface area contributed by atoms with Crippen molar-refractivity contribution < 1.29 is 13.9 Å². The Hall–Kier alpha value is -4.73. The van der Waals surface area contributed by atoms with E-state index in [2.05, 4.69) is 20.2 Å². The Morgan fingerprint density at radius 1 is 1.06 bits per heavy atom. The molecule has 10 nitrogen and oxygen atoms in total. The zero-order valence-electron chi connectivity index (χ0n) is 17.4. The number of hydrogen-bond acceptors (Lipinski definition) is 8. The molecule has 0 bridgehead atoms. The minimum atomic E-state index is -0.862. The average Bonchev–Trinajstić information content (AvgIpc) is 3.59. The number of furan rings is 1. The van der Waals surface area contributed by atoms with Crippen LogP contribution in [-0.4, -0.2) is 42.4 Å². The van der Waals surface area contributed by atoms with Crippen LogP contribution in [0.1, 0.15) is 11.6 Å². The molecule has 6 aromatic rings. The molecule has 0 saturated heterocycles. The summed E-state index contributed by atoms with van der Waals surface area (Å²) in [6, 6.07) is 16.3. The second kappa shape index (κ2) is 7.16. The number of anilines is 1. The molecule has 2 N–H and O–H groups in total. The van der Waals surface area contributed by atoms with Crippen molar-refractivity contribution in [2.45, 2.75) is 6.04 Å². The third-order valence-electron chi connectivity index (χ3n) is 5.55. The Labute approximate surface area is 186 Å². The second-order valence-electron chi connectivity index (χ2n) is 7.48. The summed E-state index contributed by atoms with van der Waals surface area (Å²) in [5.41, 5.74) is 7.76. The molecule has 0 radical (unpaired) electrons. The van der Waals surface area contributed by atoms with E-state index in [-0.39, 0.29) is 5.95 Å². The summed E-state index contributed by atoms with van der Waals surface area (Å²) < 4.78 is 13.4. The standard InChI is InChI=1S/C23H17N7O3/c1-32-22(31)18(15-9-8-13-5-2-3-6-14(13)11-15)29-21-16(12-25-29)20-26-19(17-7-4-10-33-17)28-30(20)23(24)27-21/h2-12,18H,1H3,(H2,24,27). The van der Waals surface area contributed by atoms with Gasteiger partial charge < -0.3 is 14.9 Å². The highest BCUT2D eigenvalue weighted by atomic mass is 16.5. The van der Waals surface area contributed by atoms with Crippen LogP contribution in [0.3, 0.4) is 0 Å². The fourth-order valence-corrected chi connectivity index (χ4v) is 3.99. The molecule has 4 heterocycles. The number of rotatable bonds is 4. The van der Waals surface area contributed by atoms with Crippen LogP contribution in [0.15, 0.2) is 71.5 Å². The van der Waals surface area contributed by atoms with Crippen molar-refractivity contribution in [3.8, 4) is 11.6 Å². The van der Waals surface area contributed by atoms with Gasteiger partial charge in [0.25, 0.3) is 0 Å². The first-order valence-corrected chi connectivity index (χ1v) is 10.1. The van der Waals surface area contributed by atoms with Crippen molar-refractivity contribution in [1.29, 1.82) is 0 Å². The summed E-state index contributed by atoms with van der Waals surface area (Å²) in [6.07, 6.45) is 3.13. The summed E-state index contributed by atoms with van der Waals surface area (Å²) in [4.78, 5) is 22.0. The molecule has 0 amide bonds. The first-order valence-electron chi connectivity index (χ1n) is 10.1. The van der Waals surface area contributed by atoms with E-state index in [1.165, 1.54) is 16.3 Å². The maximum atomic E-state index is 12.9. The monoisotopic (exact) mass is 439 g/mol. The predicted octanol–water partition coefficient (Wildman–Crippen LogP) is 3.23. The lowest BCUT2D eigenvalue weighted by molar-refractivity contribution is -0.143. The maximum absolute atomic E-state index is 12.9. The molecule has 0 aliphatic carbocycles. The SMILES string of the molecule is COC(=O)C(c1ccc2ccccc2c1)n1ncc2c1nc(N)n1nc(-c3ccco3)nc21. The molecule has 0 aliphatic heterocycles. The molecule has 0 fully saturated rings. The molecule has 0 saturated carbocycles. The topological polar surface area (TPSA) is 126 Å². The molecule has 0 aliphatic rings. The predicted molar refractivity (Wildman–Crippen MR) is 120 cm³/mol. The van der Waals surface area contributed by atoms with Crippen molar-refractivity contribution in [1.82, 2.24) is 29.4 Å². The largest absolute Gasteiger partial charge is 0.467 e. The van der Waals surface area contributed by atoms with Gasteiger partial charge in [0.05, 0.1) is 25.0 Å². The molecule has 6 rings (SSSR count). The Balaban J connectivity index is 1.56. The molecule has 2 aromatic carbocycles. The van der Waals surface area contributed by atoms with E-state index >= 15 is 0 Å². The van der Waals surface area contributed by atoms with Gasteiger partial charge in [-0.15, -0.1) is 5.10 Å². The van der Waals surface area contributed by atoms with E-state index in [4.69, 9.17) is 14.9 Å². The van der Waals surface area contributed by atoms with Crippen molar-refractivity contribution >= 4 is 39.4 Å². The highest BCUT2D eigenvalue weighted by Gasteiger charge is 2.28. The summed E-state index contributed by atoms with van der Waals surface area (Å²) in [5.74, 6) is 0.495. The van der Waals surface area contributed by atoms with Crippen molar-refractivity contribution in [2.24, 2.45) is 0 Å². The lowest BCUT2D eigenvalue weighted by Gasteiger charge is -2.17. The Bertz CT molecular complexity index is 1650. The van der Waals surface area contributed by atoms with Crippen LogP contribution in [0.5, 0.6) is 0 Å². The molecule has 4 aromatic heterocycles. The Morgan fingerprint density at radius 2 is 1.91 bits per heavy atom. The summed E-state index contributed by atoms with van der Waals surface area (Å²) in [7, 11) is 1.34. The van der Waals surface area contributed by atoms with Crippen LogP contribution in [0, 0.1) is 0 Å². The molecular formula is C23H17N7O3. The molecule has 162 valence electrons. The highest BCUT2D eigenvalue weighted by Crippen LogP contribution is 2.29. The number of esters is 1. The molecule has 10 heteroatoms. The van der Waals surface area contributed by atoms with E-state index in [1.807, 2.05) is 42.5 Å². The van der Waals surface area contributed by atoms with E-state index < -0.39 is 12.0 Å². The van der Waals surface area contributed by atoms with Crippen molar-refractivity contribution in [3.63, 3.8) is 0 Å². The number of hydrogen-bond donors (Lipinski definition) is 1. The zero-order chi connectivity index (χ0) is 22.5. The second-order valence-corrected chi connectivity index (χ2v) is 7.48. The Morgan fingerprint density at radius 3 is 2.70 bits per heavy atom. The maximum Gasteiger partial charge on any atom is 0.335 e. The summed E-state index contributed by atoms with van der Waals surface area (Å²) in [6.45, 7) is 0. The van der Waals surface area contributed by atoms with Gasteiger partial charge in [0.2, 0.25) is 11.8 Å². The van der Waals surface area contributed by atoms with Gasteiger partial charge in [0, 0.05) is 0 Å². The number of methoxy groups -OCH3 is 1. The minimum Gasteiger partial charge on any atom is -0.467 e. The van der Waals surface area contributed by atoms with E-state index in [9.17, 15) is 4.79 Å². The van der Waals surface area contributed by atoms with Gasteiger partial charge >= 0.3 is 5.97 Å². The number of benzene rings is 2. The first kappa shape index (κ1) is 19.0. The van der Waals surface area contributed by atoms with Gasteiger partial charge in [-0.05, 0) is 34.5 Å².